The number of aliphatic hydroxyl groups is 1. The van der Waals surface area contributed by atoms with Crippen LogP contribution in [0.4, 0.5) is 10.1 Å². The van der Waals surface area contributed by atoms with Crippen LogP contribution in [0.2, 0.25) is 0 Å². The van der Waals surface area contributed by atoms with Gasteiger partial charge in [-0.2, -0.15) is 0 Å². The first-order valence-electron chi connectivity index (χ1n) is 10.1. The number of piperazine rings is 1. The Morgan fingerprint density at radius 3 is 2.48 bits per heavy atom. The van der Waals surface area contributed by atoms with E-state index in [4.69, 9.17) is 0 Å². The zero-order chi connectivity index (χ0) is 21.8. The first-order valence-corrected chi connectivity index (χ1v) is 10.1. The molecule has 1 atom stereocenters. The quantitative estimate of drug-likeness (QED) is 0.655. The number of benzene rings is 2. The van der Waals surface area contributed by atoms with E-state index >= 15 is 0 Å². The maximum absolute atomic E-state index is 13.1. The Kier molecular flexibility index (Phi) is 6.08. The van der Waals surface area contributed by atoms with Crippen molar-refractivity contribution in [3.05, 3.63) is 72.2 Å². The number of carbonyl (C=O) groups is 2. The summed E-state index contributed by atoms with van der Waals surface area (Å²) >= 11 is 0. The zero-order valence-corrected chi connectivity index (χ0v) is 16.9. The SMILES string of the molecule is O=C(NC(CO)C(=O)N1CCN(c2ccc(F)cc2)CC1)c1cnc2ccccc2c1. The number of aromatic nitrogens is 1. The summed E-state index contributed by atoms with van der Waals surface area (Å²) in [6.45, 7) is 1.56. The maximum Gasteiger partial charge on any atom is 0.253 e. The van der Waals surface area contributed by atoms with Gasteiger partial charge in [0.1, 0.15) is 11.9 Å². The van der Waals surface area contributed by atoms with E-state index in [2.05, 4.69) is 15.2 Å². The van der Waals surface area contributed by atoms with Crippen LogP contribution < -0.4 is 10.2 Å². The van der Waals surface area contributed by atoms with Crippen LogP contribution in [0.5, 0.6) is 0 Å². The van der Waals surface area contributed by atoms with Gasteiger partial charge >= 0.3 is 0 Å². The molecule has 1 fully saturated rings. The summed E-state index contributed by atoms with van der Waals surface area (Å²) in [7, 11) is 0. The topological polar surface area (TPSA) is 85.8 Å². The Morgan fingerprint density at radius 1 is 1.06 bits per heavy atom. The van der Waals surface area contributed by atoms with E-state index in [1.807, 2.05) is 24.3 Å². The van der Waals surface area contributed by atoms with Gasteiger partial charge in [-0.3, -0.25) is 14.6 Å². The number of halogens is 1. The van der Waals surface area contributed by atoms with Gasteiger partial charge in [-0.05, 0) is 36.4 Å². The smallest absolute Gasteiger partial charge is 0.253 e. The van der Waals surface area contributed by atoms with Crippen LogP contribution in [-0.4, -0.2) is 65.6 Å². The standard InChI is InChI=1S/C23H23FN4O3/c24-18-5-7-19(8-6-18)27-9-11-28(12-10-27)23(31)21(15-29)26-22(30)17-13-16-3-1-2-4-20(16)25-14-17/h1-8,13-14,21,29H,9-12,15H2,(H,26,30). The third-order valence-corrected chi connectivity index (χ3v) is 5.42. The predicted molar refractivity (Wildman–Crippen MR) is 115 cm³/mol. The molecule has 3 aromatic rings. The number of pyridine rings is 1. The molecular formula is C23H23FN4O3. The molecule has 0 spiro atoms. The second-order valence-electron chi connectivity index (χ2n) is 7.41. The number of nitrogens with zero attached hydrogens (tertiary/aromatic N) is 3. The number of para-hydroxylation sites is 1. The first-order chi connectivity index (χ1) is 15.0. The molecule has 31 heavy (non-hydrogen) atoms. The van der Waals surface area contributed by atoms with E-state index in [0.717, 1.165) is 16.6 Å². The highest BCUT2D eigenvalue weighted by Crippen LogP contribution is 2.17. The Hall–Kier alpha value is -3.52. The van der Waals surface area contributed by atoms with Gasteiger partial charge in [-0.25, -0.2) is 4.39 Å². The molecule has 0 saturated carbocycles. The summed E-state index contributed by atoms with van der Waals surface area (Å²) in [5.41, 5.74) is 1.99. The number of hydrogen-bond donors (Lipinski definition) is 2. The second kappa shape index (κ2) is 9.09. The van der Waals surface area contributed by atoms with Gasteiger partial charge in [-0.15, -0.1) is 0 Å². The number of hydrogen-bond acceptors (Lipinski definition) is 5. The normalized spacial score (nSPS) is 15.0. The highest BCUT2D eigenvalue weighted by molar-refractivity contribution is 5.99. The fraction of sp³-hybridized carbons (Fsp3) is 0.261. The van der Waals surface area contributed by atoms with Crippen molar-refractivity contribution in [2.24, 2.45) is 0 Å². The van der Waals surface area contributed by atoms with Crippen LogP contribution in [0, 0.1) is 5.82 Å². The molecule has 1 saturated heterocycles. The molecular weight excluding hydrogens is 399 g/mol. The Balaban J connectivity index is 1.37. The van der Waals surface area contributed by atoms with Gasteiger partial charge in [0, 0.05) is 43.4 Å². The lowest BCUT2D eigenvalue weighted by Crippen LogP contribution is -2.56. The lowest BCUT2D eigenvalue weighted by Gasteiger charge is -2.37. The number of rotatable bonds is 5. The summed E-state index contributed by atoms with van der Waals surface area (Å²) in [5.74, 6) is -1.08. The number of carbonyl (C=O) groups excluding carboxylic acids is 2. The van der Waals surface area contributed by atoms with Gasteiger partial charge < -0.3 is 20.2 Å². The number of nitrogens with one attached hydrogen (secondary N) is 1. The Bertz CT molecular complexity index is 1080. The van der Waals surface area contributed by atoms with Crippen LogP contribution >= 0.6 is 0 Å². The highest BCUT2D eigenvalue weighted by atomic mass is 19.1. The van der Waals surface area contributed by atoms with Crippen LogP contribution in [0.1, 0.15) is 10.4 Å². The van der Waals surface area contributed by atoms with Gasteiger partial charge in [0.05, 0.1) is 17.7 Å². The predicted octanol–water partition coefficient (Wildman–Crippen LogP) is 1.81. The number of fused-ring (bicyclic) bond motifs is 1. The summed E-state index contributed by atoms with van der Waals surface area (Å²) in [6, 6.07) is 14.3. The number of amides is 2. The van der Waals surface area contributed by atoms with Gasteiger partial charge in [0.2, 0.25) is 5.91 Å². The van der Waals surface area contributed by atoms with E-state index in [1.54, 1.807) is 23.1 Å². The summed E-state index contributed by atoms with van der Waals surface area (Å²) in [5, 5.41) is 13.2. The molecule has 1 aromatic heterocycles. The van der Waals surface area contributed by atoms with Gasteiger partial charge in [0.25, 0.3) is 5.91 Å². The van der Waals surface area contributed by atoms with E-state index in [0.29, 0.717) is 31.7 Å². The van der Waals surface area contributed by atoms with Gasteiger partial charge in [-0.1, -0.05) is 18.2 Å². The van der Waals surface area contributed by atoms with Gasteiger partial charge in [0.15, 0.2) is 0 Å². The lowest BCUT2D eigenvalue weighted by atomic mass is 10.1. The fourth-order valence-electron chi connectivity index (χ4n) is 3.68. The maximum atomic E-state index is 13.1. The molecule has 4 rings (SSSR count). The van der Waals surface area contributed by atoms with Crippen molar-refractivity contribution in [1.29, 1.82) is 0 Å². The second-order valence-corrected chi connectivity index (χ2v) is 7.41. The monoisotopic (exact) mass is 422 g/mol. The molecule has 0 radical (unpaired) electrons. The highest BCUT2D eigenvalue weighted by Gasteiger charge is 2.28. The average Bonchev–Trinajstić information content (AvgIpc) is 2.82. The zero-order valence-electron chi connectivity index (χ0n) is 16.9. The van der Waals surface area contributed by atoms with Crippen molar-refractivity contribution in [2.45, 2.75) is 6.04 Å². The minimum absolute atomic E-state index is 0.291. The molecule has 2 aromatic carbocycles. The largest absolute Gasteiger partial charge is 0.394 e. The summed E-state index contributed by atoms with van der Waals surface area (Å²) in [4.78, 5) is 33.5. The molecule has 1 aliphatic heterocycles. The fourth-order valence-corrected chi connectivity index (χ4v) is 3.68. The minimum atomic E-state index is -1.03. The lowest BCUT2D eigenvalue weighted by molar-refractivity contribution is -0.134. The van der Waals surface area contributed by atoms with Crippen molar-refractivity contribution in [1.82, 2.24) is 15.2 Å². The van der Waals surface area contributed by atoms with Crippen molar-refractivity contribution in [3.8, 4) is 0 Å². The molecule has 0 aliphatic carbocycles. The third kappa shape index (κ3) is 4.64. The van der Waals surface area contributed by atoms with Crippen LogP contribution in [0.15, 0.2) is 60.8 Å². The van der Waals surface area contributed by atoms with Crippen molar-refractivity contribution >= 4 is 28.4 Å². The van der Waals surface area contributed by atoms with Crippen molar-refractivity contribution in [2.75, 3.05) is 37.7 Å². The Labute approximate surface area is 179 Å². The van der Waals surface area contributed by atoms with E-state index in [-0.39, 0.29) is 11.7 Å². The summed E-state index contributed by atoms with van der Waals surface area (Å²) in [6.07, 6.45) is 1.46. The molecule has 7 nitrogen and oxygen atoms in total. The van der Waals surface area contributed by atoms with Crippen LogP contribution in [0.25, 0.3) is 10.9 Å². The Morgan fingerprint density at radius 2 is 1.77 bits per heavy atom. The molecule has 8 heteroatoms. The number of anilines is 1. The van der Waals surface area contributed by atoms with E-state index in [9.17, 15) is 19.1 Å². The van der Waals surface area contributed by atoms with E-state index in [1.165, 1.54) is 18.3 Å². The average molecular weight is 422 g/mol. The molecule has 2 amide bonds. The first kappa shape index (κ1) is 20.7. The van der Waals surface area contributed by atoms with Crippen molar-refractivity contribution < 1.29 is 19.1 Å². The molecule has 2 heterocycles. The van der Waals surface area contributed by atoms with Crippen LogP contribution in [0.3, 0.4) is 0 Å². The number of aliphatic hydroxyl groups excluding tert-OH is 1. The third-order valence-electron chi connectivity index (χ3n) is 5.42. The van der Waals surface area contributed by atoms with E-state index < -0.39 is 18.6 Å². The van der Waals surface area contributed by atoms with Crippen molar-refractivity contribution in [3.63, 3.8) is 0 Å². The molecule has 1 aliphatic rings. The summed E-state index contributed by atoms with van der Waals surface area (Å²) < 4.78 is 13.1. The molecule has 2 N–H and O–H groups in total. The molecule has 1 unspecified atom stereocenters. The minimum Gasteiger partial charge on any atom is -0.394 e. The van der Waals surface area contributed by atoms with Crippen LogP contribution in [-0.2, 0) is 4.79 Å². The molecule has 160 valence electrons. The molecule has 0 bridgehead atoms.